The van der Waals surface area contributed by atoms with Crippen molar-refractivity contribution in [1.29, 1.82) is 0 Å². The minimum absolute atomic E-state index is 0.133. The van der Waals surface area contributed by atoms with Crippen molar-refractivity contribution in [2.45, 2.75) is 43.0 Å². The van der Waals surface area contributed by atoms with E-state index in [9.17, 15) is 8.42 Å². The lowest BCUT2D eigenvalue weighted by Crippen LogP contribution is -2.11. The van der Waals surface area contributed by atoms with Crippen LogP contribution < -0.4 is 0 Å². The highest BCUT2D eigenvalue weighted by molar-refractivity contribution is 7.91. The molecule has 1 heterocycles. The number of nitrogens with zero attached hydrogens (tertiary/aromatic N) is 1. The van der Waals surface area contributed by atoms with E-state index in [0.717, 1.165) is 10.6 Å². The predicted octanol–water partition coefficient (Wildman–Crippen LogP) is 3.58. The van der Waals surface area contributed by atoms with Gasteiger partial charge in [0.25, 0.3) is 0 Å². The van der Waals surface area contributed by atoms with Crippen molar-refractivity contribution in [2.24, 2.45) is 0 Å². The number of thiazole rings is 1. The first-order valence-electron chi connectivity index (χ1n) is 5.99. The van der Waals surface area contributed by atoms with Crippen LogP contribution in [0.15, 0.2) is 39.6 Å². The maximum atomic E-state index is 12.4. The summed E-state index contributed by atoms with van der Waals surface area (Å²) < 4.78 is 24.9. The first kappa shape index (κ1) is 14.2. The molecule has 19 heavy (non-hydrogen) atoms. The average molecular weight is 295 g/mol. The third-order valence-corrected chi connectivity index (χ3v) is 5.80. The fourth-order valence-corrected chi connectivity index (χ4v) is 3.99. The van der Waals surface area contributed by atoms with Gasteiger partial charge in [0, 0.05) is 10.8 Å². The molecule has 0 aliphatic rings. The zero-order valence-electron chi connectivity index (χ0n) is 11.5. The van der Waals surface area contributed by atoms with Gasteiger partial charge in [-0.15, -0.1) is 11.3 Å². The Morgan fingerprint density at radius 2 is 1.68 bits per heavy atom. The van der Waals surface area contributed by atoms with Crippen LogP contribution in [0.5, 0.6) is 0 Å². The molecule has 5 heteroatoms. The van der Waals surface area contributed by atoms with Crippen LogP contribution in [0.2, 0.25) is 0 Å². The molecule has 2 rings (SSSR count). The Morgan fingerprint density at radius 3 is 2.16 bits per heavy atom. The van der Waals surface area contributed by atoms with Crippen LogP contribution in [-0.2, 0) is 15.3 Å². The summed E-state index contributed by atoms with van der Waals surface area (Å²) in [6.45, 7) is 7.99. The standard InChI is InChI=1S/C14H17NO2S2/c1-10-5-7-11(8-6-10)19(16,17)12-9-18-13(15-12)14(2,3)4/h5-9H,1-4H3. The van der Waals surface area contributed by atoms with E-state index >= 15 is 0 Å². The minimum atomic E-state index is -3.50. The summed E-state index contributed by atoms with van der Waals surface area (Å²) in [6, 6.07) is 6.84. The molecule has 0 bridgehead atoms. The second kappa shape index (κ2) is 4.72. The van der Waals surface area contributed by atoms with Crippen LogP contribution in [0.3, 0.4) is 0 Å². The third-order valence-electron chi connectivity index (χ3n) is 2.73. The van der Waals surface area contributed by atoms with Gasteiger partial charge >= 0.3 is 0 Å². The number of aromatic nitrogens is 1. The Morgan fingerprint density at radius 1 is 1.11 bits per heavy atom. The van der Waals surface area contributed by atoms with E-state index in [-0.39, 0.29) is 10.4 Å². The molecule has 0 aliphatic heterocycles. The summed E-state index contributed by atoms with van der Waals surface area (Å²) in [5.74, 6) is 0. The molecule has 0 radical (unpaired) electrons. The number of hydrogen-bond donors (Lipinski definition) is 0. The van der Waals surface area contributed by atoms with Crippen LogP contribution in [-0.4, -0.2) is 13.4 Å². The van der Waals surface area contributed by atoms with E-state index in [4.69, 9.17) is 0 Å². The van der Waals surface area contributed by atoms with E-state index < -0.39 is 9.84 Å². The van der Waals surface area contributed by atoms with Crippen LogP contribution in [0, 0.1) is 6.92 Å². The summed E-state index contributed by atoms with van der Waals surface area (Å²) in [5, 5.41) is 2.60. The Bertz CT molecular complexity index is 677. The minimum Gasteiger partial charge on any atom is -0.229 e. The van der Waals surface area contributed by atoms with E-state index in [0.29, 0.717) is 4.90 Å². The molecule has 0 saturated carbocycles. The molecule has 3 nitrogen and oxygen atoms in total. The average Bonchev–Trinajstić information content (AvgIpc) is 2.79. The highest BCUT2D eigenvalue weighted by atomic mass is 32.2. The topological polar surface area (TPSA) is 47.0 Å². The maximum absolute atomic E-state index is 12.4. The quantitative estimate of drug-likeness (QED) is 0.850. The van der Waals surface area contributed by atoms with Crippen LogP contribution in [0.25, 0.3) is 0 Å². The van der Waals surface area contributed by atoms with Gasteiger partial charge in [0.2, 0.25) is 9.84 Å². The summed E-state index contributed by atoms with van der Waals surface area (Å²) in [4.78, 5) is 4.58. The molecular weight excluding hydrogens is 278 g/mol. The molecule has 1 aromatic heterocycles. The predicted molar refractivity (Wildman–Crippen MR) is 77.4 cm³/mol. The largest absolute Gasteiger partial charge is 0.229 e. The molecule has 0 aliphatic carbocycles. The second-order valence-electron chi connectivity index (χ2n) is 5.56. The molecule has 102 valence electrons. The van der Waals surface area contributed by atoms with Crippen LogP contribution in [0.4, 0.5) is 0 Å². The van der Waals surface area contributed by atoms with E-state index in [1.165, 1.54) is 11.3 Å². The van der Waals surface area contributed by atoms with Gasteiger partial charge in [-0.25, -0.2) is 13.4 Å². The van der Waals surface area contributed by atoms with Gasteiger partial charge in [0.1, 0.15) is 0 Å². The molecule has 0 atom stereocenters. The molecule has 2 aromatic rings. The first-order chi connectivity index (χ1) is 8.71. The molecule has 0 fully saturated rings. The highest BCUT2D eigenvalue weighted by Gasteiger charge is 2.25. The Kier molecular flexibility index (Phi) is 3.53. The van der Waals surface area contributed by atoms with Gasteiger partial charge in [-0.2, -0.15) is 0 Å². The zero-order valence-corrected chi connectivity index (χ0v) is 13.1. The third kappa shape index (κ3) is 2.87. The zero-order chi connectivity index (χ0) is 14.3. The van der Waals surface area contributed by atoms with Gasteiger partial charge in [0.05, 0.1) is 9.90 Å². The summed E-state index contributed by atoms with van der Waals surface area (Å²) in [7, 11) is -3.50. The van der Waals surface area contributed by atoms with Crippen molar-refractivity contribution in [2.75, 3.05) is 0 Å². The Balaban J connectivity index is 2.46. The number of rotatable bonds is 2. The van der Waals surface area contributed by atoms with Crippen LogP contribution in [0.1, 0.15) is 31.3 Å². The normalized spacial score (nSPS) is 12.6. The summed E-state index contributed by atoms with van der Waals surface area (Å²) >= 11 is 1.39. The van der Waals surface area contributed by atoms with Crippen molar-refractivity contribution in [3.63, 3.8) is 0 Å². The fourth-order valence-electron chi connectivity index (χ4n) is 1.57. The van der Waals surface area contributed by atoms with E-state index in [1.54, 1.807) is 29.6 Å². The molecule has 0 spiro atoms. The van der Waals surface area contributed by atoms with Crippen molar-refractivity contribution in [3.8, 4) is 0 Å². The lowest BCUT2D eigenvalue weighted by Gasteiger charge is -2.13. The van der Waals surface area contributed by atoms with E-state index in [1.807, 2.05) is 27.7 Å². The molecule has 0 saturated heterocycles. The van der Waals surface area contributed by atoms with Gasteiger partial charge in [-0.1, -0.05) is 38.5 Å². The Labute approximate surface area is 118 Å². The first-order valence-corrected chi connectivity index (χ1v) is 8.35. The molecule has 1 aromatic carbocycles. The second-order valence-corrected chi connectivity index (χ2v) is 8.31. The lowest BCUT2D eigenvalue weighted by atomic mass is 9.98. The van der Waals surface area contributed by atoms with Gasteiger partial charge in [-0.05, 0) is 19.1 Å². The number of sulfone groups is 1. The van der Waals surface area contributed by atoms with Gasteiger partial charge in [-0.3, -0.25) is 0 Å². The molecule has 0 unspecified atom stereocenters. The lowest BCUT2D eigenvalue weighted by molar-refractivity contribution is 0.573. The van der Waals surface area contributed by atoms with Gasteiger partial charge < -0.3 is 0 Å². The van der Waals surface area contributed by atoms with Crippen molar-refractivity contribution < 1.29 is 8.42 Å². The molecule has 0 N–H and O–H groups in total. The smallest absolute Gasteiger partial charge is 0.224 e. The van der Waals surface area contributed by atoms with Crippen molar-refractivity contribution >= 4 is 21.2 Å². The monoisotopic (exact) mass is 295 g/mol. The van der Waals surface area contributed by atoms with E-state index in [2.05, 4.69) is 4.98 Å². The summed E-state index contributed by atoms with van der Waals surface area (Å²) in [6.07, 6.45) is 0. The SMILES string of the molecule is Cc1ccc(S(=O)(=O)c2csc(C(C)(C)C)n2)cc1. The van der Waals surface area contributed by atoms with Crippen molar-refractivity contribution in [3.05, 3.63) is 40.2 Å². The highest BCUT2D eigenvalue weighted by Crippen LogP contribution is 2.29. The van der Waals surface area contributed by atoms with Crippen LogP contribution >= 0.6 is 11.3 Å². The fraction of sp³-hybridized carbons (Fsp3) is 0.357. The number of aryl methyl sites for hydroxylation is 1. The van der Waals surface area contributed by atoms with Crippen molar-refractivity contribution in [1.82, 2.24) is 4.98 Å². The Hall–Kier alpha value is -1.20. The summed E-state index contributed by atoms with van der Waals surface area (Å²) in [5.41, 5.74) is 0.902. The molecule has 0 amide bonds. The molecular formula is C14H17NO2S2. The van der Waals surface area contributed by atoms with Gasteiger partial charge in [0.15, 0.2) is 5.03 Å². The number of hydrogen-bond acceptors (Lipinski definition) is 4. The number of benzene rings is 1. The maximum Gasteiger partial charge on any atom is 0.224 e.